The summed E-state index contributed by atoms with van der Waals surface area (Å²) in [4.78, 5) is 27.9. The van der Waals surface area contributed by atoms with Crippen molar-refractivity contribution in [3.63, 3.8) is 0 Å². The number of hydrogen-bond acceptors (Lipinski definition) is 4. The van der Waals surface area contributed by atoms with E-state index < -0.39 is 0 Å². The van der Waals surface area contributed by atoms with Gasteiger partial charge in [0.1, 0.15) is 0 Å². The maximum atomic E-state index is 12.4. The quantitative estimate of drug-likeness (QED) is 0.449. The number of nitrogens with two attached hydrogens (primary N) is 1. The minimum absolute atomic E-state index is 0.0462. The Labute approximate surface area is 127 Å². The zero-order valence-corrected chi connectivity index (χ0v) is 13.0. The molecule has 6 heteroatoms. The number of amides is 2. The van der Waals surface area contributed by atoms with Crippen LogP contribution in [-0.4, -0.2) is 54.3 Å². The average Bonchev–Trinajstić information content (AvgIpc) is 2.55. The Morgan fingerprint density at radius 3 is 2.33 bits per heavy atom. The number of nitrogens with one attached hydrogen (secondary N) is 1. The largest absolute Gasteiger partial charge is 0.342 e. The molecule has 1 heterocycles. The molecule has 0 aromatic heterocycles. The van der Waals surface area contributed by atoms with Crippen molar-refractivity contribution < 1.29 is 9.59 Å². The lowest BCUT2D eigenvalue weighted by Crippen LogP contribution is -2.48. The molecule has 1 saturated carbocycles. The highest BCUT2D eigenvalue weighted by Crippen LogP contribution is 2.22. The second-order valence-electron chi connectivity index (χ2n) is 6.37. The third-order valence-electron chi connectivity index (χ3n) is 4.94. The molecule has 2 amide bonds. The summed E-state index contributed by atoms with van der Waals surface area (Å²) in [6, 6.07) is 0.559. The van der Waals surface area contributed by atoms with E-state index in [2.05, 4.69) is 17.4 Å². The van der Waals surface area contributed by atoms with E-state index >= 15 is 0 Å². The summed E-state index contributed by atoms with van der Waals surface area (Å²) in [5.74, 6) is 5.19. The molecule has 2 fully saturated rings. The molecule has 1 aliphatic carbocycles. The van der Waals surface area contributed by atoms with E-state index in [-0.39, 0.29) is 17.7 Å². The number of nitrogens with zero attached hydrogens (tertiary/aromatic N) is 2. The van der Waals surface area contributed by atoms with E-state index in [9.17, 15) is 9.59 Å². The highest BCUT2D eigenvalue weighted by atomic mass is 16.2. The van der Waals surface area contributed by atoms with Crippen LogP contribution in [-0.2, 0) is 9.59 Å². The summed E-state index contributed by atoms with van der Waals surface area (Å²) in [6.07, 6.45) is 7.73. The molecule has 6 nitrogen and oxygen atoms in total. The Balaban J connectivity index is 1.75. The number of carbonyl (C=O) groups is 2. The summed E-state index contributed by atoms with van der Waals surface area (Å²) in [5, 5.41) is 0. The molecular weight excluding hydrogens is 268 g/mol. The van der Waals surface area contributed by atoms with Crippen LogP contribution in [0.25, 0.3) is 0 Å². The fourth-order valence-electron chi connectivity index (χ4n) is 3.47. The van der Waals surface area contributed by atoms with Crippen molar-refractivity contribution in [2.75, 3.05) is 26.7 Å². The Morgan fingerprint density at radius 2 is 1.76 bits per heavy atom. The van der Waals surface area contributed by atoms with Crippen LogP contribution in [0.3, 0.4) is 0 Å². The number of rotatable bonds is 4. The summed E-state index contributed by atoms with van der Waals surface area (Å²) < 4.78 is 0. The second kappa shape index (κ2) is 7.75. The van der Waals surface area contributed by atoms with Crippen LogP contribution in [0.4, 0.5) is 0 Å². The maximum absolute atomic E-state index is 12.4. The van der Waals surface area contributed by atoms with E-state index in [1.165, 1.54) is 32.1 Å². The van der Waals surface area contributed by atoms with Crippen LogP contribution in [0.1, 0.15) is 44.9 Å². The van der Waals surface area contributed by atoms with E-state index in [1.54, 1.807) is 0 Å². The highest BCUT2D eigenvalue weighted by molar-refractivity contribution is 5.80. The molecule has 2 rings (SSSR count). The topological polar surface area (TPSA) is 78.7 Å². The molecule has 2 aliphatic rings. The van der Waals surface area contributed by atoms with Crippen LogP contribution in [0, 0.1) is 5.92 Å². The van der Waals surface area contributed by atoms with Crippen LogP contribution in [0.2, 0.25) is 0 Å². The molecule has 1 saturated heterocycles. The van der Waals surface area contributed by atoms with Crippen LogP contribution in [0.5, 0.6) is 0 Å². The summed E-state index contributed by atoms with van der Waals surface area (Å²) >= 11 is 0. The lowest BCUT2D eigenvalue weighted by atomic mass is 9.94. The van der Waals surface area contributed by atoms with Gasteiger partial charge in [-0.25, -0.2) is 5.84 Å². The monoisotopic (exact) mass is 296 g/mol. The van der Waals surface area contributed by atoms with Crippen LogP contribution >= 0.6 is 0 Å². The van der Waals surface area contributed by atoms with Gasteiger partial charge in [0.2, 0.25) is 11.8 Å². The van der Waals surface area contributed by atoms with Gasteiger partial charge in [-0.3, -0.25) is 19.9 Å². The van der Waals surface area contributed by atoms with Gasteiger partial charge in [-0.15, -0.1) is 0 Å². The van der Waals surface area contributed by atoms with Crippen LogP contribution in [0.15, 0.2) is 0 Å². The van der Waals surface area contributed by atoms with Crippen molar-refractivity contribution in [3.8, 4) is 0 Å². The second-order valence-corrected chi connectivity index (χ2v) is 6.37. The number of likely N-dealkylation sites (N-methyl/N-ethyl adjacent to an activating group) is 1. The van der Waals surface area contributed by atoms with Gasteiger partial charge < -0.3 is 4.90 Å². The molecule has 0 aromatic rings. The zero-order valence-electron chi connectivity index (χ0n) is 13.0. The number of likely N-dealkylation sites (tertiary alicyclic amines) is 1. The number of carbonyl (C=O) groups excluding carboxylic acids is 2. The van der Waals surface area contributed by atoms with Gasteiger partial charge in [0.25, 0.3) is 0 Å². The predicted octanol–water partition coefficient (Wildman–Crippen LogP) is 0.479. The van der Waals surface area contributed by atoms with Gasteiger partial charge in [0.05, 0.1) is 6.54 Å². The first-order valence-electron chi connectivity index (χ1n) is 8.10. The minimum Gasteiger partial charge on any atom is -0.342 e. The van der Waals surface area contributed by atoms with Crippen molar-refractivity contribution in [1.82, 2.24) is 15.2 Å². The molecule has 0 bridgehead atoms. The standard InChI is InChI=1S/C15H28N4O2/c1-18(13-5-3-2-4-6-13)11-14(20)19-9-7-12(8-10-19)15(21)17-16/h12-13H,2-11,16H2,1H3,(H,17,21). The SMILES string of the molecule is CN(CC(=O)N1CCC(C(=O)NN)CC1)C1CCCCC1. The number of hydrogen-bond donors (Lipinski definition) is 2. The fourth-order valence-corrected chi connectivity index (χ4v) is 3.47. The third kappa shape index (κ3) is 4.41. The Kier molecular flexibility index (Phi) is 5.99. The molecule has 0 spiro atoms. The third-order valence-corrected chi connectivity index (χ3v) is 4.94. The lowest BCUT2D eigenvalue weighted by molar-refractivity contribution is -0.136. The Hall–Kier alpha value is -1.14. The van der Waals surface area contributed by atoms with Crippen molar-refractivity contribution >= 4 is 11.8 Å². The molecule has 0 radical (unpaired) electrons. The molecule has 3 N–H and O–H groups in total. The Morgan fingerprint density at radius 1 is 1.14 bits per heavy atom. The molecule has 120 valence electrons. The van der Waals surface area contributed by atoms with Crippen molar-refractivity contribution in [1.29, 1.82) is 0 Å². The van der Waals surface area contributed by atoms with Gasteiger partial charge in [0, 0.05) is 25.0 Å². The number of hydrazine groups is 1. The first-order valence-corrected chi connectivity index (χ1v) is 8.10. The molecule has 0 atom stereocenters. The van der Waals surface area contributed by atoms with Crippen molar-refractivity contribution in [3.05, 3.63) is 0 Å². The molecule has 1 aliphatic heterocycles. The normalized spacial score (nSPS) is 21.6. The average molecular weight is 296 g/mol. The predicted molar refractivity (Wildman–Crippen MR) is 81.1 cm³/mol. The Bertz CT molecular complexity index is 361. The van der Waals surface area contributed by atoms with E-state index in [4.69, 9.17) is 5.84 Å². The fraction of sp³-hybridized carbons (Fsp3) is 0.867. The van der Waals surface area contributed by atoms with Gasteiger partial charge in [0.15, 0.2) is 0 Å². The van der Waals surface area contributed by atoms with E-state index in [0.29, 0.717) is 38.5 Å². The number of piperidine rings is 1. The molecular formula is C15H28N4O2. The molecule has 0 unspecified atom stereocenters. The van der Waals surface area contributed by atoms with Crippen LogP contribution < -0.4 is 11.3 Å². The maximum Gasteiger partial charge on any atom is 0.237 e. The summed E-state index contributed by atoms with van der Waals surface area (Å²) in [5.41, 5.74) is 2.20. The van der Waals surface area contributed by atoms with E-state index in [1.807, 2.05) is 4.90 Å². The first kappa shape index (κ1) is 16.2. The molecule has 21 heavy (non-hydrogen) atoms. The summed E-state index contributed by atoms with van der Waals surface area (Å²) in [7, 11) is 2.06. The van der Waals surface area contributed by atoms with Crippen molar-refractivity contribution in [2.45, 2.75) is 51.0 Å². The summed E-state index contributed by atoms with van der Waals surface area (Å²) in [6.45, 7) is 1.82. The lowest BCUT2D eigenvalue weighted by Gasteiger charge is -2.35. The first-order chi connectivity index (χ1) is 10.1. The minimum atomic E-state index is -0.110. The molecule has 0 aromatic carbocycles. The van der Waals surface area contributed by atoms with E-state index in [0.717, 1.165) is 0 Å². The van der Waals surface area contributed by atoms with Crippen molar-refractivity contribution in [2.24, 2.45) is 11.8 Å². The van der Waals surface area contributed by atoms with Gasteiger partial charge >= 0.3 is 0 Å². The van der Waals surface area contributed by atoms with Gasteiger partial charge in [-0.2, -0.15) is 0 Å². The smallest absolute Gasteiger partial charge is 0.237 e. The van der Waals surface area contributed by atoms with Gasteiger partial charge in [-0.05, 0) is 32.7 Å². The highest BCUT2D eigenvalue weighted by Gasteiger charge is 2.28. The zero-order chi connectivity index (χ0) is 15.2. The van der Waals surface area contributed by atoms with Gasteiger partial charge in [-0.1, -0.05) is 19.3 Å².